The molecule has 0 aliphatic heterocycles. The van der Waals surface area contributed by atoms with Gasteiger partial charge in [0.25, 0.3) is 0 Å². The van der Waals surface area contributed by atoms with E-state index in [0.717, 1.165) is 0 Å². The fourth-order valence-corrected chi connectivity index (χ4v) is 2.64. The maximum atomic E-state index is 3.31. The van der Waals surface area contributed by atoms with E-state index in [1.807, 2.05) is 7.05 Å². The van der Waals surface area contributed by atoms with Gasteiger partial charge in [0.2, 0.25) is 0 Å². The van der Waals surface area contributed by atoms with E-state index in [9.17, 15) is 0 Å². The van der Waals surface area contributed by atoms with E-state index < -0.39 is 0 Å². The molecule has 0 spiro atoms. The summed E-state index contributed by atoms with van der Waals surface area (Å²) in [5.41, 5.74) is 3.00. The Bertz CT molecular complexity index is 240. The molecule has 1 N–H and O–H groups in total. The number of hydrogen-bond donors (Lipinski definition) is 1. The van der Waals surface area contributed by atoms with E-state index in [4.69, 9.17) is 0 Å². The van der Waals surface area contributed by atoms with Crippen molar-refractivity contribution in [1.82, 2.24) is 5.32 Å². The molecule has 0 amide bonds. The zero-order chi connectivity index (χ0) is 9.84. The lowest BCUT2D eigenvalue weighted by atomic mass is 9.94. The van der Waals surface area contributed by atoms with Crippen molar-refractivity contribution in [2.24, 2.45) is 5.92 Å². The van der Waals surface area contributed by atoms with E-state index in [1.165, 1.54) is 30.3 Å². The van der Waals surface area contributed by atoms with E-state index in [2.05, 4.69) is 34.5 Å². The number of hydrogen-bond acceptors (Lipinski definition) is 1. The van der Waals surface area contributed by atoms with Crippen LogP contribution in [-0.2, 0) is 0 Å². The van der Waals surface area contributed by atoms with Gasteiger partial charge in [-0.2, -0.15) is 0 Å². The Kier molecular flexibility index (Phi) is 3.99. The molecule has 0 aromatic rings. The Balaban J connectivity index is 2.78. The maximum absolute atomic E-state index is 3.31. The molecule has 1 aliphatic carbocycles. The summed E-state index contributed by atoms with van der Waals surface area (Å²) in [7, 11) is 4.84. The van der Waals surface area contributed by atoms with E-state index >= 15 is 0 Å². The summed E-state index contributed by atoms with van der Waals surface area (Å²) in [6, 6.07) is 0. The molecule has 0 saturated carbocycles. The second kappa shape index (κ2) is 4.81. The molecule has 0 heterocycles. The van der Waals surface area contributed by atoms with Gasteiger partial charge >= 0.3 is 0 Å². The van der Waals surface area contributed by atoms with E-state index in [-0.39, 0.29) is 0 Å². The fraction of sp³-hybridized carbons (Fsp3) is 0.636. The van der Waals surface area contributed by atoms with Crippen molar-refractivity contribution >= 4 is 9.24 Å². The van der Waals surface area contributed by atoms with Crippen molar-refractivity contribution in [2.75, 3.05) is 7.05 Å². The van der Waals surface area contributed by atoms with Gasteiger partial charge in [-0.05, 0) is 18.2 Å². The van der Waals surface area contributed by atoms with Crippen LogP contribution in [0.3, 0.4) is 0 Å². The standard InChI is InChI=1S/C11H20NP/c1-4-6-8-7-10(13)11(12-3)9(8)5-2/h7,9,12H,4-6,13H2,1-3H3. The highest BCUT2D eigenvalue weighted by Crippen LogP contribution is 2.37. The Morgan fingerprint density at radius 1 is 1.46 bits per heavy atom. The summed E-state index contributed by atoms with van der Waals surface area (Å²) in [5.74, 6) is 0.650. The highest BCUT2D eigenvalue weighted by molar-refractivity contribution is 7.23. The first-order valence-corrected chi connectivity index (χ1v) is 5.70. The van der Waals surface area contributed by atoms with Crippen LogP contribution in [0.2, 0.25) is 0 Å². The monoisotopic (exact) mass is 197 g/mol. The van der Waals surface area contributed by atoms with Crippen LogP contribution in [0.5, 0.6) is 0 Å². The molecular formula is C11H20NP. The molecule has 0 fully saturated rings. The number of nitrogens with one attached hydrogen (secondary N) is 1. The lowest BCUT2D eigenvalue weighted by molar-refractivity contribution is 0.621. The average Bonchev–Trinajstić information content (AvgIpc) is 2.41. The first-order chi connectivity index (χ1) is 6.24. The Morgan fingerprint density at radius 2 is 2.15 bits per heavy atom. The molecule has 1 rings (SSSR count). The lowest BCUT2D eigenvalue weighted by Gasteiger charge is -2.17. The zero-order valence-corrected chi connectivity index (χ0v) is 10.0. The molecule has 0 bridgehead atoms. The maximum Gasteiger partial charge on any atom is 0.0249 e. The van der Waals surface area contributed by atoms with Crippen LogP contribution >= 0.6 is 9.24 Å². The van der Waals surface area contributed by atoms with Crippen molar-refractivity contribution in [3.63, 3.8) is 0 Å². The third kappa shape index (κ3) is 2.14. The van der Waals surface area contributed by atoms with Gasteiger partial charge in [-0.3, -0.25) is 0 Å². The van der Waals surface area contributed by atoms with Crippen LogP contribution in [-0.4, -0.2) is 7.05 Å². The summed E-state index contributed by atoms with van der Waals surface area (Å²) < 4.78 is 0. The van der Waals surface area contributed by atoms with Crippen LogP contribution in [0.4, 0.5) is 0 Å². The van der Waals surface area contributed by atoms with Gasteiger partial charge in [0.05, 0.1) is 0 Å². The van der Waals surface area contributed by atoms with Gasteiger partial charge < -0.3 is 5.32 Å². The molecule has 0 aromatic carbocycles. The molecule has 2 atom stereocenters. The first kappa shape index (κ1) is 10.8. The topological polar surface area (TPSA) is 12.0 Å². The molecule has 1 nitrogen and oxygen atoms in total. The van der Waals surface area contributed by atoms with Crippen LogP contribution in [0.15, 0.2) is 22.7 Å². The van der Waals surface area contributed by atoms with Crippen LogP contribution in [0.25, 0.3) is 0 Å². The van der Waals surface area contributed by atoms with Crippen LogP contribution in [0, 0.1) is 5.92 Å². The van der Waals surface area contributed by atoms with Crippen molar-refractivity contribution in [3.8, 4) is 0 Å². The Labute approximate surface area is 83.9 Å². The summed E-state index contributed by atoms with van der Waals surface area (Å²) in [6.07, 6.45) is 6.02. The van der Waals surface area contributed by atoms with Crippen molar-refractivity contribution in [3.05, 3.63) is 22.7 Å². The Morgan fingerprint density at radius 3 is 2.62 bits per heavy atom. The molecule has 1 aliphatic rings. The smallest absolute Gasteiger partial charge is 0.0249 e. The van der Waals surface area contributed by atoms with Crippen molar-refractivity contribution in [2.45, 2.75) is 33.1 Å². The number of rotatable bonds is 4. The molecule has 0 saturated heterocycles. The van der Waals surface area contributed by atoms with Gasteiger partial charge in [-0.25, -0.2) is 0 Å². The summed E-state index contributed by atoms with van der Waals surface area (Å²) in [4.78, 5) is 0. The van der Waals surface area contributed by atoms with Crippen LogP contribution in [0.1, 0.15) is 33.1 Å². The number of allylic oxidation sites excluding steroid dienone is 3. The second-order valence-electron chi connectivity index (χ2n) is 3.55. The lowest BCUT2D eigenvalue weighted by Crippen LogP contribution is -2.15. The zero-order valence-electron chi connectivity index (χ0n) is 8.85. The van der Waals surface area contributed by atoms with E-state index in [0.29, 0.717) is 5.92 Å². The molecule has 0 radical (unpaired) electrons. The Hall–Kier alpha value is -0.290. The summed E-state index contributed by atoms with van der Waals surface area (Å²) in [5, 5.41) is 4.65. The van der Waals surface area contributed by atoms with Gasteiger partial charge in [0.15, 0.2) is 0 Å². The fourth-order valence-electron chi connectivity index (χ4n) is 2.08. The third-order valence-corrected chi connectivity index (χ3v) is 3.14. The van der Waals surface area contributed by atoms with Crippen molar-refractivity contribution in [1.29, 1.82) is 0 Å². The van der Waals surface area contributed by atoms with Gasteiger partial charge in [0.1, 0.15) is 0 Å². The average molecular weight is 197 g/mol. The largest absolute Gasteiger partial charge is 0.390 e. The van der Waals surface area contributed by atoms with Crippen molar-refractivity contribution < 1.29 is 0 Å². The third-order valence-electron chi connectivity index (χ3n) is 2.66. The molecule has 74 valence electrons. The van der Waals surface area contributed by atoms with Gasteiger partial charge in [-0.1, -0.05) is 31.9 Å². The minimum Gasteiger partial charge on any atom is -0.390 e. The van der Waals surface area contributed by atoms with Gasteiger partial charge in [-0.15, -0.1) is 9.24 Å². The highest BCUT2D eigenvalue weighted by Gasteiger charge is 2.22. The molecule has 2 unspecified atom stereocenters. The quantitative estimate of drug-likeness (QED) is 0.683. The molecule has 0 aromatic heterocycles. The normalized spacial score (nSPS) is 22.2. The SMILES string of the molecule is CCCC1=CC(P)=C(NC)C1CC. The second-order valence-corrected chi connectivity index (χ2v) is 4.17. The molecule has 2 heteroatoms. The predicted molar refractivity (Wildman–Crippen MR) is 62.6 cm³/mol. The summed E-state index contributed by atoms with van der Waals surface area (Å²) in [6.45, 7) is 4.50. The van der Waals surface area contributed by atoms with Gasteiger partial charge in [0, 0.05) is 18.7 Å². The minimum atomic E-state index is 0.650. The highest BCUT2D eigenvalue weighted by atomic mass is 31.0. The predicted octanol–water partition coefficient (Wildman–Crippen LogP) is 3.06. The van der Waals surface area contributed by atoms with Crippen LogP contribution < -0.4 is 5.32 Å². The summed E-state index contributed by atoms with van der Waals surface area (Å²) >= 11 is 0. The first-order valence-electron chi connectivity index (χ1n) is 5.12. The molecular weight excluding hydrogens is 177 g/mol. The van der Waals surface area contributed by atoms with E-state index in [1.54, 1.807) is 5.57 Å². The minimum absolute atomic E-state index is 0.650. The molecule has 13 heavy (non-hydrogen) atoms.